The fourth-order valence-corrected chi connectivity index (χ4v) is 2.27. The average Bonchev–Trinajstić information content (AvgIpc) is 2.75. The summed E-state index contributed by atoms with van der Waals surface area (Å²) in [4.78, 5) is 24.7. The number of hydrogen-bond donors (Lipinski definition) is 2. The highest BCUT2D eigenvalue weighted by molar-refractivity contribution is 5.95. The number of carbonyl (C=O) groups is 2. The molecule has 1 fully saturated rings. The topological polar surface area (TPSA) is 82.8 Å². The van der Waals surface area contributed by atoms with E-state index < -0.39 is 5.97 Å². The third-order valence-electron chi connectivity index (χ3n) is 3.88. The van der Waals surface area contributed by atoms with Crippen molar-refractivity contribution in [3.63, 3.8) is 0 Å². The second-order valence-electron chi connectivity index (χ2n) is 5.16. The van der Waals surface area contributed by atoms with Crippen molar-refractivity contribution >= 4 is 11.9 Å². The Labute approximate surface area is 111 Å². The van der Waals surface area contributed by atoms with Crippen molar-refractivity contribution in [2.24, 2.45) is 0 Å². The molecule has 1 saturated carbocycles. The first-order valence-electron chi connectivity index (χ1n) is 6.22. The molecule has 0 aromatic carbocycles. The summed E-state index contributed by atoms with van der Waals surface area (Å²) in [7, 11) is 4.00. The summed E-state index contributed by atoms with van der Waals surface area (Å²) in [6.07, 6.45) is 4.35. The number of nitrogens with zero attached hydrogens (tertiary/aromatic N) is 1. The third kappa shape index (κ3) is 2.63. The Balaban J connectivity index is 1.95. The molecule has 0 saturated heterocycles. The van der Waals surface area contributed by atoms with Crippen molar-refractivity contribution in [1.29, 1.82) is 0 Å². The van der Waals surface area contributed by atoms with Gasteiger partial charge in [-0.3, -0.25) is 4.79 Å². The van der Waals surface area contributed by atoms with Gasteiger partial charge < -0.3 is 19.7 Å². The number of aromatic carboxylic acids is 1. The van der Waals surface area contributed by atoms with Crippen LogP contribution in [0.15, 0.2) is 16.7 Å². The molecule has 19 heavy (non-hydrogen) atoms. The molecular formula is C13H18N2O4. The molecule has 2 rings (SSSR count). The van der Waals surface area contributed by atoms with Crippen molar-refractivity contribution in [3.8, 4) is 0 Å². The third-order valence-corrected chi connectivity index (χ3v) is 3.88. The van der Waals surface area contributed by atoms with Crippen molar-refractivity contribution in [3.05, 3.63) is 23.7 Å². The van der Waals surface area contributed by atoms with E-state index in [0.717, 1.165) is 25.5 Å². The maximum absolute atomic E-state index is 11.9. The summed E-state index contributed by atoms with van der Waals surface area (Å²) < 4.78 is 4.96. The lowest BCUT2D eigenvalue weighted by atomic mass is 9.75. The molecule has 1 aliphatic rings. The van der Waals surface area contributed by atoms with E-state index in [9.17, 15) is 9.59 Å². The molecule has 6 heteroatoms. The molecule has 1 aromatic heterocycles. The molecule has 104 valence electrons. The average molecular weight is 266 g/mol. The van der Waals surface area contributed by atoms with E-state index in [2.05, 4.69) is 10.2 Å². The number of hydrogen-bond acceptors (Lipinski definition) is 4. The van der Waals surface area contributed by atoms with Crippen molar-refractivity contribution in [1.82, 2.24) is 10.2 Å². The molecule has 1 aliphatic carbocycles. The molecule has 2 N–H and O–H groups in total. The number of carboxylic acid groups (broad SMARTS) is 1. The maximum Gasteiger partial charge on any atom is 0.338 e. The minimum Gasteiger partial charge on any atom is -0.478 e. The number of amides is 1. The molecule has 1 amide bonds. The fraction of sp³-hybridized carbons (Fsp3) is 0.538. The van der Waals surface area contributed by atoms with Crippen molar-refractivity contribution < 1.29 is 19.1 Å². The van der Waals surface area contributed by atoms with Gasteiger partial charge in [0.2, 0.25) is 0 Å². The highest BCUT2D eigenvalue weighted by Gasteiger charge is 2.39. The largest absolute Gasteiger partial charge is 0.478 e. The SMILES string of the molecule is CN(C)C1(CNC(=O)c2cc(C(=O)O)co2)CCC1. The van der Waals surface area contributed by atoms with Gasteiger partial charge in [0.25, 0.3) is 5.91 Å². The second-order valence-corrected chi connectivity index (χ2v) is 5.16. The van der Waals surface area contributed by atoms with Crippen LogP contribution < -0.4 is 5.32 Å². The van der Waals surface area contributed by atoms with Gasteiger partial charge in [0.15, 0.2) is 5.76 Å². The van der Waals surface area contributed by atoms with E-state index in [1.54, 1.807) is 0 Å². The second kappa shape index (κ2) is 5.05. The Hall–Kier alpha value is -1.82. The number of nitrogens with one attached hydrogen (secondary N) is 1. The Bertz CT molecular complexity index is 489. The van der Waals surface area contributed by atoms with Gasteiger partial charge in [0, 0.05) is 18.2 Å². The van der Waals surface area contributed by atoms with Gasteiger partial charge in [0.1, 0.15) is 6.26 Å². The number of furan rings is 1. The summed E-state index contributed by atoms with van der Waals surface area (Å²) in [5.41, 5.74) is 0.00819. The highest BCUT2D eigenvalue weighted by atomic mass is 16.4. The Morgan fingerprint density at radius 3 is 2.58 bits per heavy atom. The number of rotatable bonds is 5. The summed E-state index contributed by atoms with van der Waals surface area (Å²) >= 11 is 0. The van der Waals surface area contributed by atoms with Gasteiger partial charge >= 0.3 is 5.97 Å². The van der Waals surface area contributed by atoms with Crippen LogP contribution in [0.5, 0.6) is 0 Å². The quantitative estimate of drug-likeness (QED) is 0.836. The zero-order valence-corrected chi connectivity index (χ0v) is 11.1. The van der Waals surface area contributed by atoms with E-state index in [-0.39, 0.29) is 22.8 Å². The van der Waals surface area contributed by atoms with Crippen LogP contribution >= 0.6 is 0 Å². The summed E-state index contributed by atoms with van der Waals surface area (Å²) in [6, 6.07) is 1.24. The normalized spacial score (nSPS) is 17.0. The monoisotopic (exact) mass is 266 g/mol. The lowest BCUT2D eigenvalue weighted by molar-refractivity contribution is 0.0549. The van der Waals surface area contributed by atoms with Gasteiger partial charge in [-0.15, -0.1) is 0 Å². The zero-order valence-electron chi connectivity index (χ0n) is 11.1. The van der Waals surface area contributed by atoms with Gasteiger partial charge in [-0.2, -0.15) is 0 Å². The predicted molar refractivity (Wildman–Crippen MR) is 68.3 cm³/mol. The van der Waals surface area contributed by atoms with Gasteiger partial charge in [-0.1, -0.05) is 0 Å². The van der Waals surface area contributed by atoms with Crippen LogP contribution in [-0.4, -0.2) is 48.1 Å². The van der Waals surface area contributed by atoms with Crippen LogP contribution in [0.4, 0.5) is 0 Å². The smallest absolute Gasteiger partial charge is 0.338 e. The van der Waals surface area contributed by atoms with E-state index in [1.165, 1.54) is 6.07 Å². The van der Waals surface area contributed by atoms with Crippen LogP contribution in [0.1, 0.15) is 40.2 Å². The molecule has 0 radical (unpaired) electrons. The lowest BCUT2D eigenvalue weighted by Gasteiger charge is -2.47. The van der Waals surface area contributed by atoms with E-state index in [1.807, 2.05) is 14.1 Å². The maximum atomic E-state index is 11.9. The van der Waals surface area contributed by atoms with E-state index in [4.69, 9.17) is 9.52 Å². The summed E-state index contributed by atoms with van der Waals surface area (Å²) in [5.74, 6) is -1.45. The van der Waals surface area contributed by atoms with Crippen molar-refractivity contribution in [2.45, 2.75) is 24.8 Å². The minimum atomic E-state index is -1.11. The first kappa shape index (κ1) is 13.6. The van der Waals surface area contributed by atoms with Gasteiger partial charge in [-0.25, -0.2) is 4.79 Å². The predicted octanol–water partition coefficient (Wildman–Crippen LogP) is 1.19. The van der Waals surface area contributed by atoms with Crippen LogP contribution in [0.2, 0.25) is 0 Å². The molecule has 0 spiro atoms. The van der Waals surface area contributed by atoms with E-state index in [0.29, 0.717) is 6.54 Å². The Morgan fingerprint density at radius 2 is 2.16 bits per heavy atom. The van der Waals surface area contributed by atoms with Crippen molar-refractivity contribution in [2.75, 3.05) is 20.6 Å². The number of carbonyl (C=O) groups excluding carboxylic acids is 1. The summed E-state index contributed by atoms with van der Waals surface area (Å²) in [6.45, 7) is 0.544. The van der Waals surface area contributed by atoms with Crippen LogP contribution in [-0.2, 0) is 0 Å². The molecule has 1 heterocycles. The Morgan fingerprint density at radius 1 is 1.47 bits per heavy atom. The van der Waals surface area contributed by atoms with Gasteiger partial charge in [-0.05, 0) is 33.4 Å². The van der Waals surface area contributed by atoms with E-state index >= 15 is 0 Å². The van der Waals surface area contributed by atoms with Crippen LogP contribution in [0.3, 0.4) is 0 Å². The summed E-state index contributed by atoms with van der Waals surface area (Å²) in [5, 5.41) is 11.6. The molecular weight excluding hydrogens is 248 g/mol. The molecule has 0 atom stereocenters. The Kier molecular flexibility index (Phi) is 3.61. The van der Waals surface area contributed by atoms with Gasteiger partial charge in [0.05, 0.1) is 5.56 Å². The molecule has 6 nitrogen and oxygen atoms in total. The number of likely N-dealkylation sites (N-methyl/N-ethyl adjacent to an activating group) is 1. The number of carboxylic acids is 1. The fourth-order valence-electron chi connectivity index (χ4n) is 2.27. The lowest BCUT2D eigenvalue weighted by Crippen LogP contribution is -2.57. The molecule has 0 aliphatic heterocycles. The zero-order chi connectivity index (χ0) is 14.0. The first-order chi connectivity index (χ1) is 8.94. The van der Waals surface area contributed by atoms with Crippen LogP contribution in [0.25, 0.3) is 0 Å². The molecule has 0 bridgehead atoms. The first-order valence-corrected chi connectivity index (χ1v) is 6.22. The minimum absolute atomic E-state index is 0.0175. The molecule has 1 aromatic rings. The van der Waals surface area contributed by atoms with Crippen LogP contribution in [0, 0.1) is 0 Å². The molecule has 0 unspecified atom stereocenters. The standard InChI is InChI=1S/C13H18N2O4/c1-15(2)13(4-3-5-13)8-14-11(16)10-6-9(7-19-10)12(17)18/h6-7H,3-5,8H2,1-2H3,(H,14,16)(H,17,18). The highest BCUT2D eigenvalue weighted by Crippen LogP contribution is 2.35.